The predicted molar refractivity (Wildman–Crippen MR) is 142 cm³/mol. The van der Waals surface area contributed by atoms with Crippen LogP contribution in [0.4, 0.5) is 4.39 Å². The van der Waals surface area contributed by atoms with Gasteiger partial charge in [0, 0.05) is 44.0 Å². The monoisotopic (exact) mass is 555 g/mol. The molecule has 2 aliphatic heterocycles. The van der Waals surface area contributed by atoms with Crippen molar-refractivity contribution in [1.29, 1.82) is 0 Å². The van der Waals surface area contributed by atoms with Gasteiger partial charge in [0.2, 0.25) is 0 Å². The minimum atomic E-state index is -1.26. The summed E-state index contributed by atoms with van der Waals surface area (Å²) in [4.78, 5) is 42.2. The topological polar surface area (TPSA) is 156 Å². The second kappa shape index (κ2) is 13.6. The molecule has 1 aromatic carbocycles. The maximum atomic E-state index is 13.7. The first-order valence-electron chi connectivity index (χ1n) is 12.8. The first kappa shape index (κ1) is 28.6. The van der Waals surface area contributed by atoms with Gasteiger partial charge in [0.05, 0.1) is 17.2 Å². The summed E-state index contributed by atoms with van der Waals surface area (Å²) in [6.45, 7) is 4.99. The zero-order valence-corrected chi connectivity index (χ0v) is 21.7. The van der Waals surface area contributed by atoms with E-state index in [4.69, 9.17) is 19.7 Å². The lowest BCUT2D eigenvalue weighted by molar-refractivity contribution is -0.134. The zero-order valence-electron chi connectivity index (χ0n) is 21.7. The van der Waals surface area contributed by atoms with E-state index >= 15 is 0 Å². The minimum Gasteiger partial charge on any atom is -0.484 e. The molecule has 212 valence electrons. The van der Waals surface area contributed by atoms with Crippen LogP contribution in [-0.4, -0.2) is 80.5 Å². The van der Waals surface area contributed by atoms with Gasteiger partial charge in [-0.3, -0.25) is 4.79 Å². The molecule has 3 aromatic rings. The van der Waals surface area contributed by atoms with Crippen molar-refractivity contribution >= 4 is 23.0 Å². The third-order valence-corrected chi connectivity index (χ3v) is 6.45. The lowest BCUT2D eigenvalue weighted by Gasteiger charge is -2.32. The lowest BCUT2D eigenvalue weighted by Crippen LogP contribution is -2.43. The molecule has 13 heteroatoms. The van der Waals surface area contributed by atoms with E-state index in [-0.39, 0.29) is 11.4 Å². The average Bonchev–Trinajstić information content (AvgIpc) is 2.95. The zero-order chi connectivity index (χ0) is 28.5. The van der Waals surface area contributed by atoms with Crippen molar-refractivity contribution in [3.8, 4) is 11.6 Å². The Morgan fingerprint density at radius 2 is 1.75 bits per heavy atom. The number of aromatic nitrogens is 3. The highest BCUT2D eigenvalue weighted by atomic mass is 19.1. The van der Waals surface area contributed by atoms with Crippen LogP contribution in [0, 0.1) is 5.82 Å². The fourth-order valence-electron chi connectivity index (χ4n) is 4.44. The number of nitrogens with one attached hydrogen (secondary N) is 1. The van der Waals surface area contributed by atoms with Crippen LogP contribution in [0.5, 0.6) is 11.6 Å². The molecule has 0 atom stereocenters. The highest BCUT2D eigenvalue weighted by Gasteiger charge is 2.20. The van der Waals surface area contributed by atoms with E-state index in [2.05, 4.69) is 20.2 Å². The van der Waals surface area contributed by atoms with Crippen molar-refractivity contribution < 1.29 is 33.7 Å². The first-order chi connectivity index (χ1) is 19.3. The fourth-order valence-corrected chi connectivity index (χ4v) is 4.44. The number of benzene rings is 1. The van der Waals surface area contributed by atoms with Crippen LogP contribution < -0.4 is 20.3 Å². The van der Waals surface area contributed by atoms with E-state index in [1.807, 2.05) is 12.3 Å². The van der Waals surface area contributed by atoms with Gasteiger partial charge in [0.1, 0.15) is 19.0 Å². The Balaban J connectivity index is 0.000000406. The molecule has 4 heterocycles. The van der Waals surface area contributed by atoms with Crippen molar-refractivity contribution in [1.82, 2.24) is 24.8 Å². The number of aliphatic carboxylic acids is 2. The Morgan fingerprint density at radius 3 is 2.48 bits per heavy atom. The van der Waals surface area contributed by atoms with Gasteiger partial charge in [-0.15, -0.1) is 0 Å². The SMILES string of the molecule is O=C(O)/C=C/C(=O)O.O=c1cnc2ccc(F)cc2n1CCN1CCC(NCc2cnc3c(c2)OCCO3)CC1. The molecule has 40 heavy (non-hydrogen) atoms. The summed E-state index contributed by atoms with van der Waals surface area (Å²) >= 11 is 0. The second-order valence-corrected chi connectivity index (χ2v) is 9.23. The number of hydrogen-bond acceptors (Lipinski definition) is 9. The molecule has 0 amide bonds. The summed E-state index contributed by atoms with van der Waals surface area (Å²) in [6.07, 6.45) is 6.31. The summed E-state index contributed by atoms with van der Waals surface area (Å²) in [5.74, 6) is -1.60. The Bertz CT molecular complexity index is 1420. The van der Waals surface area contributed by atoms with Gasteiger partial charge < -0.3 is 34.5 Å². The quantitative estimate of drug-likeness (QED) is 0.348. The van der Waals surface area contributed by atoms with Crippen molar-refractivity contribution in [2.45, 2.75) is 32.0 Å². The summed E-state index contributed by atoms with van der Waals surface area (Å²) in [5, 5.41) is 19.2. The van der Waals surface area contributed by atoms with Gasteiger partial charge in [0.25, 0.3) is 11.4 Å². The molecule has 12 nitrogen and oxygen atoms in total. The molecule has 0 saturated carbocycles. The highest BCUT2D eigenvalue weighted by Crippen LogP contribution is 2.28. The number of likely N-dealkylation sites (tertiary alicyclic amines) is 1. The van der Waals surface area contributed by atoms with Crippen LogP contribution in [0.2, 0.25) is 0 Å². The maximum absolute atomic E-state index is 13.7. The number of nitrogens with zero attached hydrogens (tertiary/aromatic N) is 4. The molecule has 1 saturated heterocycles. The summed E-state index contributed by atoms with van der Waals surface area (Å²) < 4.78 is 26.4. The van der Waals surface area contributed by atoms with Crippen LogP contribution in [-0.2, 0) is 22.7 Å². The molecule has 0 bridgehead atoms. The number of carboxylic acid groups (broad SMARTS) is 2. The van der Waals surface area contributed by atoms with Crippen LogP contribution in [0.3, 0.4) is 0 Å². The summed E-state index contributed by atoms with van der Waals surface area (Å²) in [6, 6.07) is 6.77. The third kappa shape index (κ3) is 8.07. The van der Waals surface area contributed by atoms with Crippen molar-refractivity contribution in [2.75, 3.05) is 32.8 Å². The summed E-state index contributed by atoms with van der Waals surface area (Å²) in [7, 11) is 0. The number of pyridine rings is 1. The van der Waals surface area contributed by atoms with E-state index in [9.17, 15) is 18.8 Å². The number of piperidine rings is 1. The molecule has 2 aliphatic rings. The van der Waals surface area contributed by atoms with E-state index in [0.29, 0.717) is 60.6 Å². The largest absolute Gasteiger partial charge is 0.484 e. The molecule has 0 aliphatic carbocycles. The number of hydrogen-bond donors (Lipinski definition) is 3. The molecule has 3 N–H and O–H groups in total. The van der Waals surface area contributed by atoms with Gasteiger partial charge in [-0.05, 0) is 55.8 Å². The molecule has 0 unspecified atom stereocenters. The van der Waals surface area contributed by atoms with E-state index < -0.39 is 11.9 Å². The van der Waals surface area contributed by atoms with Crippen LogP contribution in [0.25, 0.3) is 11.0 Å². The van der Waals surface area contributed by atoms with Crippen molar-refractivity contribution in [3.63, 3.8) is 0 Å². The highest BCUT2D eigenvalue weighted by molar-refractivity contribution is 5.89. The molecule has 0 spiro atoms. The lowest BCUT2D eigenvalue weighted by atomic mass is 10.0. The summed E-state index contributed by atoms with van der Waals surface area (Å²) in [5.41, 5.74) is 2.05. The normalized spacial score (nSPS) is 15.5. The Hall–Kier alpha value is -4.36. The van der Waals surface area contributed by atoms with E-state index in [1.165, 1.54) is 18.3 Å². The Kier molecular flexibility index (Phi) is 9.76. The van der Waals surface area contributed by atoms with Gasteiger partial charge in [0.15, 0.2) is 5.75 Å². The number of halogens is 1. The minimum absolute atomic E-state index is 0.201. The Morgan fingerprint density at radius 1 is 1.02 bits per heavy atom. The van der Waals surface area contributed by atoms with Crippen LogP contribution in [0.1, 0.15) is 18.4 Å². The maximum Gasteiger partial charge on any atom is 0.328 e. The second-order valence-electron chi connectivity index (χ2n) is 9.23. The van der Waals surface area contributed by atoms with Gasteiger partial charge in [-0.2, -0.15) is 0 Å². The molecule has 1 fully saturated rings. The predicted octanol–water partition coefficient (Wildman–Crippen LogP) is 1.67. The number of carboxylic acids is 2. The van der Waals surface area contributed by atoms with E-state index in [1.54, 1.807) is 10.6 Å². The number of rotatable bonds is 8. The number of fused-ring (bicyclic) bond motifs is 2. The molecule has 5 rings (SSSR count). The fraction of sp³-hybridized carbons (Fsp3) is 0.370. The van der Waals surface area contributed by atoms with Gasteiger partial charge in [-0.25, -0.2) is 23.9 Å². The molecule has 0 radical (unpaired) electrons. The number of ether oxygens (including phenoxy) is 2. The first-order valence-corrected chi connectivity index (χ1v) is 12.8. The molecular formula is C27H30FN5O7. The smallest absolute Gasteiger partial charge is 0.328 e. The standard InChI is InChI=1S/C23H26FN5O3.C4H4O4/c24-17-1-2-19-20(12-17)29(22(30)15-26-19)8-7-28-5-3-18(4-6-28)25-13-16-11-21-23(27-14-16)32-10-9-31-21;5-3(6)1-2-4(7)8/h1-2,11-12,14-15,18,25H,3-10,13H2;1-2H,(H,5,6)(H,7,8)/b;2-1+. The third-order valence-electron chi connectivity index (χ3n) is 6.45. The van der Waals surface area contributed by atoms with Crippen LogP contribution in [0.15, 0.2) is 53.6 Å². The van der Waals surface area contributed by atoms with Crippen molar-refractivity contribution in [3.05, 3.63) is 70.5 Å². The Labute approximate surface area is 228 Å². The average molecular weight is 556 g/mol. The molecule has 2 aromatic heterocycles. The van der Waals surface area contributed by atoms with Gasteiger partial charge >= 0.3 is 11.9 Å². The van der Waals surface area contributed by atoms with Gasteiger partial charge in [-0.1, -0.05) is 0 Å². The molecular weight excluding hydrogens is 525 g/mol. The van der Waals surface area contributed by atoms with Crippen molar-refractivity contribution in [2.24, 2.45) is 0 Å². The van der Waals surface area contributed by atoms with E-state index in [0.717, 1.165) is 44.6 Å². The number of carbonyl (C=O) groups is 2. The van der Waals surface area contributed by atoms with Crippen LogP contribution >= 0.6 is 0 Å².